The van der Waals surface area contributed by atoms with Crippen molar-refractivity contribution in [3.8, 4) is 11.5 Å². The number of ether oxygens (including phenoxy) is 1. The number of halogens is 1. The summed E-state index contributed by atoms with van der Waals surface area (Å²) in [7, 11) is 0. The van der Waals surface area contributed by atoms with Gasteiger partial charge in [0, 0.05) is 15.4 Å². The number of aromatic amines is 1. The fourth-order valence-corrected chi connectivity index (χ4v) is 2.90. The molecule has 0 spiro atoms. The van der Waals surface area contributed by atoms with Gasteiger partial charge in [-0.2, -0.15) is 0 Å². The Balaban J connectivity index is 1.46. The largest absolute Gasteiger partial charge is 0.451 e. The zero-order chi connectivity index (χ0) is 17.2. The molecule has 0 saturated carbocycles. The average Bonchev–Trinajstić information content (AvgIpc) is 3.27. The minimum absolute atomic E-state index is 0.0916. The van der Waals surface area contributed by atoms with Crippen LogP contribution in [0, 0.1) is 0 Å². The second-order valence-electron chi connectivity index (χ2n) is 5.33. The number of H-pyrrole nitrogens is 1. The molecule has 0 aliphatic carbocycles. The highest BCUT2D eigenvalue weighted by Gasteiger charge is 2.15. The molecule has 0 unspecified atom stereocenters. The van der Waals surface area contributed by atoms with E-state index in [2.05, 4.69) is 31.1 Å². The highest BCUT2D eigenvalue weighted by atomic mass is 79.9. The molecule has 1 N–H and O–H groups in total. The first-order valence-electron chi connectivity index (χ1n) is 7.53. The predicted molar refractivity (Wildman–Crippen MR) is 94.9 cm³/mol. The van der Waals surface area contributed by atoms with Crippen LogP contribution < -0.4 is 0 Å². The van der Waals surface area contributed by atoms with Crippen LogP contribution in [0.4, 0.5) is 0 Å². The van der Waals surface area contributed by atoms with E-state index >= 15 is 0 Å². The molecule has 6 nitrogen and oxygen atoms in total. The molecule has 2 heterocycles. The third kappa shape index (κ3) is 3.18. The summed E-state index contributed by atoms with van der Waals surface area (Å²) in [6, 6.07) is 16.9. The van der Waals surface area contributed by atoms with Gasteiger partial charge in [0.25, 0.3) is 5.89 Å². The molecule has 0 aliphatic rings. The van der Waals surface area contributed by atoms with Crippen LogP contribution in [-0.4, -0.2) is 21.2 Å². The van der Waals surface area contributed by atoms with Gasteiger partial charge in [-0.1, -0.05) is 30.3 Å². The summed E-state index contributed by atoms with van der Waals surface area (Å²) in [5.74, 6) is 0.121. The van der Waals surface area contributed by atoms with Crippen LogP contribution in [-0.2, 0) is 11.3 Å². The number of aromatic nitrogens is 3. The number of para-hydroxylation sites is 1. The number of benzene rings is 2. The Bertz CT molecular complexity index is 1020. The molecule has 124 valence electrons. The fourth-order valence-electron chi connectivity index (χ4n) is 2.44. The lowest BCUT2D eigenvalue weighted by atomic mass is 10.2. The third-order valence-corrected chi connectivity index (χ3v) is 4.34. The van der Waals surface area contributed by atoms with Crippen molar-refractivity contribution in [3.05, 3.63) is 70.7 Å². The molecule has 7 heteroatoms. The summed E-state index contributed by atoms with van der Waals surface area (Å²) in [6.45, 7) is -0.0916. The van der Waals surface area contributed by atoms with E-state index in [0.29, 0.717) is 11.6 Å². The second kappa shape index (κ2) is 6.52. The van der Waals surface area contributed by atoms with Crippen LogP contribution in [0.25, 0.3) is 22.4 Å². The number of fused-ring (bicyclic) bond motifs is 1. The van der Waals surface area contributed by atoms with Crippen molar-refractivity contribution in [1.82, 2.24) is 15.2 Å². The SMILES string of the molecule is O=C(OCc1nnc(-c2ccccc2Br)o1)c1cc2ccccc2[nH]1. The van der Waals surface area contributed by atoms with Crippen molar-refractivity contribution in [2.24, 2.45) is 0 Å². The van der Waals surface area contributed by atoms with Gasteiger partial charge < -0.3 is 14.1 Å². The number of rotatable bonds is 4. The molecule has 0 aliphatic heterocycles. The lowest BCUT2D eigenvalue weighted by molar-refractivity contribution is 0.0433. The van der Waals surface area contributed by atoms with E-state index < -0.39 is 5.97 Å². The Kier molecular flexibility index (Phi) is 4.07. The summed E-state index contributed by atoms with van der Waals surface area (Å²) >= 11 is 3.43. The maximum Gasteiger partial charge on any atom is 0.355 e. The Labute approximate surface area is 151 Å². The molecular formula is C18H12BrN3O3. The first-order chi connectivity index (χ1) is 12.2. The third-order valence-electron chi connectivity index (χ3n) is 3.65. The van der Waals surface area contributed by atoms with Crippen molar-refractivity contribution in [1.29, 1.82) is 0 Å². The number of nitrogens with zero attached hydrogens (tertiary/aromatic N) is 2. The number of hydrogen-bond donors (Lipinski definition) is 1. The Morgan fingerprint density at radius 2 is 1.92 bits per heavy atom. The second-order valence-corrected chi connectivity index (χ2v) is 6.18. The highest BCUT2D eigenvalue weighted by Crippen LogP contribution is 2.26. The first kappa shape index (κ1) is 15.6. The fraction of sp³-hybridized carbons (Fsp3) is 0.0556. The number of carbonyl (C=O) groups excluding carboxylic acids is 1. The van der Waals surface area contributed by atoms with Crippen LogP contribution in [0.3, 0.4) is 0 Å². The molecule has 4 rings (SSSR count). The summed E-state index contributed by atoms with van der Waals surface area (Å²) in [4.78, 5) is 15.2. The molecule has 0 radical (unpaired) electrons. The first-order valence-corrected chi connectivity index (χ1v) is 8.32. The van der Waals surface area contributed by atoms with Crippen LogP contribution in [0.1, 0.15) is 16.4 Å². The lowest BCUT2D eigenvalue weighted by Gasteiger charge is -2.00. The smallest absolute Gasteiger partial charge is 0.355 e. The van der Waals surface area contributed by atoms with Crippen molar-refractivity contribution in [2.45, 2.75) is 6.61 Å². The number of hydrogen-bond acceptors (Lipinski definition) is 5. The van der Waals surface area contributed by atoms with Gasteiger partial charge in [0.15, 0.2) is 6.61 Å². The number of nitrogens with one attached hydrogen (secondary N) is 1. The van der Waals surface area contributed by atoms with Crippen LogP contribution in [0.2, 0.25) is 0 Å². The summed E-state index contributed by atoms with van der Waals surface area (Å²) in [5.41, 5.74) is 2.04. The molecular weight excluding hydrogens is 386 g/mol. The van der Waals surface area contributed by atoms with E-state index in [9.17, 15) is 4.79 Å². The van der Waals surface area contributed by atoms with Gasteiger partial charge in [0.05, 0.1) is 5.56 Å². The highest BCUT2D eigenvalue weighted by molar-refractivity contribution is 9.10. The van der Waals surface area contributed by atoms with Crippen molar-refractivity contribution in [2.75, 3.05) is 0 Å². The maximum atomic E-state index is 12.2. The summed E-state index contributed by atoms with van der Waals surface area (Å²) in [5, 5.41) is 8.85. The van der Waals surface area contributed by atoms with Crippen LogP contribution >= 0.6 is 15.9 Å². The van der Waals surface area contributed by atoms with E-state index in [-0.39, 0.29) is 12.5 Å². The van der Waals surface area contributed by atoms with Crippen molar-refractivity contribution < 1.29 is 13.9 Å². The van der Waals surface area contributed by atoms with Gasteiger partial charge in [-0.25, -0.2) is 4.79 Å². The minimum atomic E-state index is -0.475. The number of esters is 1. The monoisotopic (exact) mass is 397 g/mol. The molecule has 25 heavy (non-hydrogen) atoms. The Morgan fingerprint density at radius 1 is 1.12 bits per heavy atom. The van der Waals surface area contributed by atoms with Crippen molar-refractivity contribution >= 4 is 32.8 Å². The van der Waals surface area contributed by atoms with Gasteiger partial charge in [-0.15, -0.1) is 10.2 Å². The predicted octanol–water partition coefficient (Wildman–Crippen LogP) is 4.34. The summed E-state index contributed by atoms with van der Waals surface area (Å²) in [6.07, 6.45) is 0. The van der Waals surface area contributed by atoms with E-state index in [4.69, 9.17) is 9.15 Å². The zero-order valence-corrected chi connectivity index (χ0v) is 14.5. The standard InChI is InChI=1S/C18H12BrN3O3/c19-13-7-3-2-6-12(13)17-22-21-16(25-17)10-24-18(23)15-9-11-5-1-4-8-14(11)20-15/h1-9,20H,10H2. The summed E-state index contributed by atoms with van der Waals surface area (Å²) < 4.78 is 11.6. The van der Waals surface area contributed by atoms with Gasteiger partial charge in [0.1, 0.15) is 5.69 Å². The topological polar surface area (TPSA) is 81.0 Å². The van der Waals surface area contributed by atoms with Crippen LogP contribution in [0.15, 0.2) is 63.5 Å². The zero-order valence-electron chi connectivity index (χ0n) is 12.9. The maximum absolute atomic E-state index is 12.2. The normalized spacial score (nSPS) is 10.9. The molecule has 0 saturated heterocycles. The number of carbonyl (C=O) groups is 1. The van der Waals surface area contributed by atoms with Gasteiger partial charge >= 0.3 is 5.97 Å². The van der Waals surface area contributed by atoms with E-state index in [0.717, 1.165) is 20.9 Å². The lowest BCUT2D eigenvalue weighted by Crippen LogP contribution is -2.05. The van der Waals surface area contributed by atoms with Gasteiger partial charge in [-0.3, -0.25) is 0 Å². The van der Waals surface area contributed by atoms with Crippen LogP contribution in [0.5, 0.6) is 0 Å². The Morgan fingerprint density at radius 3 is 2.76 bits per heavy atom. The average molecular weight is 398 g/mol. The minimum Gasteiger partial charge on any atom is -0.451 e. The molecule has 2 aromatic carbocycles. The van der Waals surface area contributed by atoms with E-state index in [1.165, 1.54) is 0 Å². The molecule has 0 amide bonds. The molecule has 0 atom stereocenters. The van der Waals surface area contributed by atoms with Crippen molar-refractivity contribution in [3.63, 3.8) is 0 Å². The van der Waals surface area contributed by atoms with E-state index in [1.807, 2.05) is 48.5 Å². The van der Waals surface area contributed by atoms with E-state index in [1.54, 1.807) is 6.07 Å². The molecule has 0 bridgehead atoms. The molecule has 4 aromatic rings. The Hall–Kier alpha value is -2.93. The molecule has 0 fully saturated rings. The van der Waals surface area contributed by atoms with Gasteiger partial charge in [0.2, 0.25) is 5.89 Å². The molecule has 2 aromatic heterocycles. The van der Waals surface area contributed by atoms with Gasteiger partial charge in [-0.05, 0) is 40.2 Å². The quantitative estimate of drug-likeness (QED) is 0.518.